The summed E-state index contributed by atoms with van der Waals surface area (Å²) in [4.78, 5) is 24.9. The van der Waals surface area contributed by atoms with Gasteiger partial charge in [-0.3, -0.25) is 9.78 Å². The third kappa shape index (κ3) is 12.6. The van der Waals surface area contributed by atoms with E-state index in [0.29, 0.717) is 118 Å². The van der Waals surface area contributed by atoms with Gasteiger partial charge in [-0.25, -0.2) is 4.98 Å². The Morgan fingerprint density at radius 3 is 1.91 bits per heavy atom. The molecular weight excluding hydrogens is 752 g/mol. The van der Waals surface area contributed by atoms with Crippen LogP contribution in [0.5, 0.6) is 5.75 Å². The Morgan fingerprint density at radius 2 is 1.40 bits per heavy atom. The Hall–Kier alpha value is -3.78. The average Bonchev–Trinajstić information content (AvgIpc) is 3.80. The summed E-state index contributed by atoms with van der Waals surface area (Å²) in [6, 6.07) is 4.08. The fourth-order valence-electron chi connectivity index (χ4n) is 7.14. The minimum atomic E-state index is -0.0256. The Labute approximate surface area is 340 Å². The molecule has 4 heterocycles. The van der Waals surface area contributed by atoms with Gasteiger partial charge < -0.3 is 62.4 Å². The zero-order chi connectivity index (χ0) is 41.1. The SMILES string of the molecule is COC[C@@H](C)n1c(C2CCN(C(=O)COCCOCCOCCOCCOCCOCCOCCN)CC2)nc2cnc3cc(-c4c(C)noc4C)c(OC)cc3c21. The molecule has 4 aromatic rings. The van der Waals surface area contributed by atoms with Crippen molar-refractivity contribution in [2.75, 3.05) is 133 Å². The Balaban J connectivity index is 1.01. The van der Waals surface area contributed by atoms with Gasteiger partial charge in [-0.1, -0.05) is 5.16 Å². The van der Waals surface area contributed by atoms with Crippen molar-refractivity contribution in [2.24, 2.45) is 5.73 Å². The van der Waals surface area contributed by atoms with E-state index in [-0.39, 0.29) is 24.5 Å². The molecule has 0 spiro atoms. The fourth-order valence-corrected chi connectivity index (χ4v) is 7.14. The first kappa shape index (κ1) is 45.3. The number of pyridine rings is 1. The van der Waals surface area contributed by atoms with E-state index < -0.39 is 0 Å². The van der Waals surface area contributed by atoms with Crippen LogP contribution in [0, 0.1) is 13.8 Å². The second-order valence-electron chi connectivity index (χ2n) is 14.1. The molecule has 0 unspecified atom stereocenters. The van der Waals surface area contributed by atoms with Crippen LogP contribution in [-0.4, -0.2) is 163 Å². The number of rotatable bonds is 28. The summed E-state index contributed by atoms with van der Waals surface area (Å²) in [5.41, 5.74) is 10.5. The van der Waals surface area contributed by atoms with Crippen molar-refractivity contribution in [3.63, 3.8) is 0 Å². The highest BCUT2D eigenvalue weighted by atomic mass is 16.6. The Kier molecular flexibility index (Phi) is 19.0. The number of hydrogen-bond acceptors (Lipinski definition) is 15. The summed E-state index contributed by atoms with van der Waals surface area (Å²) in [6.45, 7) is 14.4. The highest BCUT2D eigenvalue weighted by Crippen LogP contribution is 2.41. The molecule has 5 rings (SSSR count). The summed E-state index contributed by atoms with van der Waals surface area (Å²) < 4.78 is 57.7. The molecule has 322 valence electrons. The third-order valence-electron chi connectivity index (χ3n) is 9.95. The summed E-state index contributed by atoms with van der Waals surface area (Å²) in [7, 11) is 3.38. The summed E-state index contributed by atoms with van der Waals surface area (Å²) in [5, 5.41) is 5.09. The van der Waals surface area contributed by atoms with Crippen LogP contribution in [0.1, 0.15) is 49.0 Å². The molecule has 1 fully saturated rings. The Bertz CT molecular complexity index is 1810. The minimum Gasteiger partial charge on any atom is -0.496 e. The van der Waals surface area contributed by atoms with E-state index >= 15 is 0 Å². The lowest BCUT2D eigenvalue weighted by molar-refractivity contribution is -0.137. The molecule has 58 heavy (non-hydrogen) atoms. The molecule has 0 saturated carbocycles. The van der Waals surface area contributed by atoms with Gasteiger partial charge in [-0.15, -0.1) is 0 Å². The smallest absolute Gasteiger partial charge is 0.248 e. The number of methoxy groups -OCH3 is 2. The number of hydrogen-bond donors (Lipinski definition) is 1. The molecule has 1 saturated heterocycles. The molecule has 1 aromatic carbocycles. The zero-order valence-electron chi connectivity index (χ0n) is 34.8. The van der Waals surface area contributed by atoms with Gasteiger partial charge in [0.2, 0.25) is 5.91 Å². The predicted molar refractivity (Wildman–Crippen MR) is 216 cm³/mol. The molecule has 17 nitrogen and oxygen atoms in total. The monoisotopic (exact) mass is 814 g/mol. The highest BCUT2D eigenvalue weighted by Gasteiger charge is 2.30. The lowest BCUT2D eigenvalue weighted by Gasteiger charge is -2.32. The predicted octanol–water partition coefficient (Wildman–Crippen LogP) is 3.85. The van der Waals surface area contributed by atoms with Gasteiger partial charge in [0, 0.05) is 43.6 Å². The van der Waals surface area contributed by atoms with Gasteiger partial charge >= 0.3 is 0 Å². The fraction of sp³-hybridized carbons (Fsp3) is 0.659. The zero-order valence-corrected chi connectivity index (χ0v) is 34.8. The van der Waals surface area contributed by atoms with E-state index in [1.807, 2.05) is 37.1 Å². The van der Waals surface area contributed by atoms with E-state index in [9.17, 15) is 4.79 Å². The summed E-state index contributed by atoms with van der Waals surface area (Å²) in [5.74, 6) is 2.53. The lowest BCUT2D eigenvalue weighted by atomic mass is 9.95. The maximum Gasteiger partial charge on any atom is 0.248 e. The number of imidazole rings is 1. The molecule has 17 heteroatoms. The van der Waals surface area contributed by atoms with Crippen molar-refractivity contribution in [2.45, 2.75) is 45.6 Å². The number of ether oxygens (including phenoxy) is 9. The standard InChI is InChI=1S/C41H62N6O11/c1-29(27-49-4)47-40-33-25-37(50-5)34(39-30(2)45-58-31(39)3)24-35(33)43-26-36(40)44-41(47)32-6-9-46(10-7-32)38(48)28-57-23-22-56-21-20-55-19-18-54-17-16-53-15-14-52-13-12-51-11-8-42/h24-26,29,32H,6-23,27-28,42H2,1-5H3/t29-/m1/s1. The molecule has 3 aromatic heterocycles. The van der Waals surface area contributed by atoms with Crippen LogP contribution >= 0.6 is 0 Å². The van der Waals surface area contributed by atoms with Crippen LogP contribution in [0.25, 0.3) is 33.1 Å². The maximum atomic E-state index is 13.0. The lowest BCUT2D eigenvalue weighted by Crippen LogP contribution is -2.40. The van der Waals surface area contributed by atoms with Crippen molar-refractivity contribution in [1.29, 1.82) is 0 Å². The molecular formula is C41H62N6O11. The maximum absolute atomic E-state index is 13.0. The van der Waals surface area contributed by atoms with Crippen LogP contribution in [0.4, 0.5) is 0 Å². The number of nitrogens with two attached hydrogens (primary N) is 1. The second kappa shape index (κ2) is 24.3. The Morgan fingerprint density at radius 1 is 0.828 bits per heavy atom. The number of piperidine rings is 1. The number of aromatic nitrogens is 4. The van der Waals surface area contributed by atoms with Crippen molar-refractivity contribution in [3.8, 4) is 16.9 Å². The second-order valence-corrected chi connectivity index (χ2v) is 14.1. The van der Waals surface area contributed by atoms with E-state index in [4.69, 9.17) is 62.9 Å². The van der Waals surface area contributed by atoms with Crippen molar-refractivity contribution < 1.29 is 51.9 Å². The number of nitrogens with zero attached hydrogens (tertiary/aromatic N) is 5. The van der Waals surface area contributed by atoms with Gasteiger partial charge in [0.05, 0.1) is 134 Å². The molecule has 0 radical (unpaired) electrons. The van der Waals surface area contributed by atoms with Gasteiger partial charge in [-0.05, 0) is 45.7 Å². The average molecular weight is 815 g/mol. The molecule has 1 aliphatic rings. The minimum absolute atomic E-state index is 0.00540. The van der Waals surface area contributed by atoms with Gasteiger partial charge in [0.15, 0.2) is 0 Å². The summed E-state index contributed by atoms with van der Waals surface area (Å²) in [6.07, 6.45) is 3.40. The molecule has 2 N–H and O–H groups in total. The van der Waals surface area contributed by atoms with Crippen molar-refractivity contribution in [3.05, 3.63) is 35.6 Å². The number of benzene rings is 1. The first-order valence-electron chi connectivity index (χ1n) is 20.2. The molecule has 1 amide bonds. The number of amides is 1. The third-order valence-corrected chi connectivity index (χ3v) is 9.95. The van der Waals surface area contributed by atoms with Gasteiger partial charge in [0.25, 0.3) is 0 Å². The van der Waals surface area contributed by atoms with E-state index in [0.717, 1.165) is 63.2 Å². The number of aryl methyl sites for hydroxylation is 2. The van der Waals surface area contributed by atoms with Crippen LogP contribution in [0.15, 0.2) is 22.9 Å². The van der Waals surface area contributed by atoms with Crippen molar-refractivity contribution >= 4 is 27.8 Å². The summed E-state index contributed by atoms with van der Waals surface area (Å²) >= 11 is 0. The molecule has 0 bridgehead atoms. The number of fused-ring (bicyclic) bond motifs is 3. The number of likely N-dealkylation sites (tertiary alicyclic amines) is 1. The molecule has 0 aliphatic carbocycles. The normalized spacial score (nSPS) is 14.3. The van der Waals surface area contributed by atoms with Crippen molar-refractivity contribution in [1.82, 2.24) is 24.6 Å². The van der Waals surface area contributed by atoms with Crippen LogP contribution in [0.2, 0.25) is 0 Å². The quantitative estimate of drug-likeness (QED) is 0.0815. The molecule has 1 atom stereocenters. The van der Waals surface area contributed by atoms with E-state index in [2.05, 4.69) is 16.6 Å². The first-order valence-corrected chi connectivity index (χ1v) is 20.2. The van der Waals surface area contributed by atoms with Crippen LogP contribution < -0.4 is 10.5 Å². The number of carbonyl (C=O) groups is 1. The number of carbonyl (C=O) groups excluding carboxylic acids is 1. The topological polar surface area (TPSA) is 186 Å². The van der Waals surface area contributed by atoms with E-state index in [1.54, 1.807) is 14.2 Å². The molecule has 1 aliphatic heterocycles. The van der Waals surface area contributed by atoms with Crippen LogP contribution in [-0.2, 0) is 42.7 Å². The van der Waals surface area contributed by atoms with E-state index in [1.165, 1.54) is 0 Å². The van der Waals surface area contributed by atoms with Crippen LogP contribution in [0.3, 0.4) is 0 Å². The van der Waals surface area contributed by atoms with Gasteiger partial charge in [0.1, 0.15) is 29.5 Å². The van der Waals surface area contributed by atoms with Gasteiger partial charge in [-0.2, -0.15) is 0 Å². The largest absolute Gasteiger partial charge is 0.496 e. The highest BCUT2D eigenvalue weighted by molar-refractivity contribution is 6.05. The first-order chi connectivity index (χ1) is 28.4.